The first-order valence-corrected chi connectivity index (χ1v) is 7.06. The van der Waals surface area contributed by atoms with Gasteiger partial charge in [0.15, 0.2) is 3.79 Å². The molecule has 1 aromatic heterocycles. The molecule has 0 aliphatic heterocycles. The molecule has 1 N–H and O–H groups in total. The van der Waals surface area contributed by atoms with Crippen molar-refractivity contribution < 1.29 is 8.81 Å². The summed E-state index contributed by atoms with van der Waals surface area (Å²) in [6, 6.07) is 7.01. The van der Waals surface area contributed by atoms with Gasteiger partial charge in [-0.05, 0) is 23.3 Å². The highest BCUT2D eigenvalue weighted by atomic mass is 35.6. The van der Waals surface area contributed by atoms with Crippen molar-refractivity contribution in [2.75, 3.05) is 6.80 Å². The Hall–Kier alpha value is -0.740. The van der Waals surface area contributed by atoms with Crippen molar-refractivity contribution in [1.82, 2.24) is 5.32 Å². The summed E-state index contributed by atoms with van der Waals surface area (Å²) in [4.78, 5) is 0. The monoisotopic (exact) mass is 335 g/mol. The molecular formula is C14H13Cl3FNO. The van der Waals surface area contributed by atoms with Crippen LogP contribution < -0.4 is 5.32 Å². The molecule has 0 aliphatic carbocycles. The zero-order valence-corrected chi connectivity index (χ0v) is 12.8. The predicted octanol–water partition coefficient (Wildman–Crippen LogP) is 5.09. The maximum Gasteiger partial charge on any atom is 0.192 e. The van der Waals surface area contributed by atoms with E-state index in [1.807, 2.05) is 24.3 Å². The van der Waals surface area contributed by atoms with Crippen molar-refractivity contribution in [3.8, 4) is 0 Å². The third-order valence-electron chi connectivity index (χ3n) is 3.01. The van der Waals surface area contributed by atoms with E-state index in [0.717, 1.165) is 16.5 Å². The second-order valence-electron chi connectivity index (χ2n) is 4.41. The molecule has 6 heteroatoms. The average Bonchev–Trinajstić information content (AvgIpc) is 2.83. The Kier molecular flexibility index (Phi) is 4.97. The van der Waals surface area contributed by atoms with Crippen LogP contribution in [0.1, 0.15) is 12.0 Å². The fourth-order valence-electron chi connectivity index (χ4n) is 2.00. The number of fused-ring (bicyclic) bond motifs is 1. The molecule has 1 aromatic carbocycles. The van der Waals surface area contributed by atoms with E-state index >= 15 is 0 Å². The fraction of sp³-hybridized carbons (Fsp3) is 0.286. The summed E-state index contributed by atoms with van der Waals surface area (Å²) < 4.78 is 16.5. The number of rotatable bonds is 5. The van der Waals surface area contributed by atoms with Crippen LogP contribution in [0.15, 0.2) is 41.5 Å². The molecule has 1 atom stereocenters. The Balaban J connectivity index is 2.25. The maximum absolute atomic E-state index is 12.6. The normalized spacial score (nSPS) is 13.6. The van der Waals surface area contributed by atoms with Gasteiger partial charge >= 0.3 is 0 Å². The van der Waals surface area contributed by atoms with Gasteiger partial charge < -0.3 is 4.42 Å². The zero-order chi connectivity index (χ0) is 14.8. The van der Waals surface area contributed by atoms with Crippen LogP contribution >= 0.6 is 34.8 Å². The summed E-state index contributed by atoms with van der Waals surface area (Å²) in [5, 5.41) is 3.61. The number of alkyl halides is 4. The minimum absolute atomic E-state index is 0.122. The van der Waals surface area contributed by atoms with E-state index in [-0.39, 0.29) is 6.42 Å². The second-order valence-corrected chi connectivity index (χ2v) is 6.92. The van der Waals surface area contributed by atoms with Crippen LogP contribution in [-0.4, -0.2) is 16.6 Å². The number of benzene rings is 1. The van der Waals surface area contributed by atoms with Gasteiger partial charge in [0.05, 0.1) is 6.26 Å². The third-order valence-corrected chi connectivity index (χ3v) is 3.47. The standard InChI is InChI=1S/C14H13Cl3FNO/c1-9(12(19-8-18)7-14(15,16)17)11-3-2-10-4-5-20-13(10)6-11/h2-6,12,19H,1,7-8H2. The summed E-state index contributed by atoms with van der Waals surface area (Å²) in [5.41, 5.74) is 2.19. The Morgan fingerprint density at radius 1 is 1.35 bits per heavy atom. The highest BCUT2D eigenvalue weighted by Gasteiger charge is 2.27. The highest BCUT2D eigenvalue weighted by molar-refractivity contribution is 6.67. The molecule has 0 bridgehead atoms. The van der Waals surface area contributed by atoms with E-state index in [1.165, 1.54) is 0 Å². The average molecular weight is 337 g/mol. The van der Waals surface area contributed by atoms with Gasteiger partial charge in [-0.1, -0.05) is 53.5 Å². The van der Waals surface area contributed by atoms with Crippen LogP contribution in [0.25, 0.3) is 16.5 Å². The van der Waals surface area contributed by atoms with Crippen LogP contribution in [-0.2, 0) is 0 Å². The molecule has 2 aromatic rings. The van der Waals surface area contributed by atoms with Gasteiger partial charge in [-0.3, -0.25) is 5.32 Å². The molecule has 0 radical (unpaired) electrons. The van der Waals surface area contributed by atoms with E-state index in [0.29, 0.717) is 5.57 Å². The summed E-state index contributed by atoms with van der Waals surface area (Å²) >= 11 is 17.3. The first kappa shape index (κ1) is 15.6. The number of halogens is 4. The predicted molar refractivity (Wildman–Crippen MR) is 83.1 cm³/mol. The van der Waals surface area contributed by atoms with Crippen LogP contribution in [0.2, 0.25) is 0 Å². The molecule has 0 saturated heterocycles. The van der Waals surface area contributed by atoms with Crippen molar-refractivity contribution in [1.29, 1.82) is 0 Å². The van der Waals surface area contributed by atoms with Crippen LogP contribution in [0.3, 0.4) is 0 Å². The molecule has 0 saturated carbocycles. The number of hydrogen-bond donors (Lipinski definition) is 1. The van der Waals surface area contributed by atoms with Crippen LogP contribution in [0.5, 0.6) is 0 Å². The highest BCUT2D eigenvalue weighted by Crippen LogP contribution is 2.35. The summed E-state index contributed by atoms with van der Waals surface area (Å²) in [7, 11) is 0. The summed E-state index contributed by atoms with van der Waals surface area (Å²) in [6.45, 7) is 3.24. The molecule has 0 spiro atoms. The smallest absolute Gasteiger partial charge is 0.192 e. The lowest BCUT2D eigenvalue weighted by atomic mass is 9.97. The van der Waals surface area contributed by atoms with Crippen molar-refractivity contribution in [3.63, 3.8) is 0 Å². The van der Waals surface area contributed by atoms with E-state index in [1.54, 1.807) is 6.26 Å². The fourth-order valence-corrected chi connectivity index (χ4v) is 2.46. The Morgan fingerprint density at radius 2 is 2.10 bits per heavy atom. The first-order valence-electron chi connectivity index (χ1n) is 5.93. The number of hydrogen-bond acceptors (Lipinski definition) is 2. The largest absolute Gasteiger partial charge is 0.464 e. The molecule has 2 nitrogen and oxygen atoms in total. The van der Waals surface area contributed by atoms with Crippen molar-refractivity contribution in [3.05, 3.63) is 42.7 Å². The van der Waals surface area contributed by atoms with Crippen LogP contribution in [0.4, 0.5) is 4.39 Å². The summed E-state index contributed by atoms with van der Waals surface area (Å²) in [5.74, 6) is 0. The second kappa shape index (κ2) is 6.35. The molecule has 0 fully saturated rings. The molecule has 0 aliphatic rings. The van der Waals surface area contributed by atoms with Crippen molar-refractivity contribution >= 4 is 51.3 Å². The lowest BCUT2D eigenvalue weighted by Gasteiger charge is -2.23. The molecule has 1 unspecified atom stereocenters. The van der Waals surface area contributed by atoms with Gasteiger partial charge in [0.2, 0.25) is 0 Å². The minimum Gasteiger partial charge on any atom is -0.464 e. The molecule has 20 heavy (non-hydrogen) atoms. The molecule has 108 valence electrons. The number of nitrogens with one attached hydrogen (secondary N) is 1. The lowest BCUT2D eigenvalue weighted by molar-refractivity contribution is 0.398. The Morgan fingerprint density at radius 3 is 2.75 bits per heavy atom. The quantitative estimate of drug-likeness (QED) is 0.607. The third kappa shape index (κ3) is 3.89. The number of furan rings is 1. The molecular weight excluding hydrogens is 324 g/mol. The van der Waals surface area contributed by atoms with E-state index < -0.39 is 16.6 Å². The van der Waals surface area contributed by atoms with Gasteiger partial charge in [-0.15, -0.1) is 0 Å². The van der Waals surface area contributed by atoms with Crippen molar-refractivity contribution in [2.24, 2.45) is 0 Å². The lowest BCUT2D eigenvalue weighted by Crippen LogP contribution is -2.33. The SMILES string of the molecule is C=C(c1ccc2ccoc2c1)C(CC(Cl)(Cl)Cl)NCF. The molecule has 1 heterocycles. The first-order chi connectivity index (χ1) is 9.40. The van der Waals surface area contributed by atoms with E-state index in [4.69, 9.17) is 39.2 Å². The van der Waals surface area contributed by atoms with E-state index in [2.05, 4.69) is 11.9 Å². The van der Waals surface area contributed by atoms with Gasteiger partial charge in [-0.25, -0.2) is 4.39 Å². The van der Waals surface area contributed by atoms with E-state index in [9.17, 15) is 4.39 Å². The topological polar surface area (TPSA) is 25.2 Å². The zero-order valence-electron chi connectivity index (χ0n) is 10.5. The van der Waals surface area contributed by atoms with Crippen molar-refractivity contribution in [2.45, 2.75) is 16.3 Å². The van der Waals surface area contributed by atoms with Gasteiger partial charge in [-0.2, -0.15) is 0 Å². The molecule has 0 amide bonds. The molecule has 2 rings (SSSR count). The van der Waals surface area contributed by atoms with Gasteiger partial charge in [0.1, 0.15) is 12.4 Å². The Labute approximate surface area is 131 Å². The minimum atomic E-state index is -1.48. The van der Waals surface area contributed by atoms with Gasteiger partial charge in [0.25, 0.3) is 0 Å². The Bertz CT molecular complexity index is 606. The summed E-state index contributed by atoms with van der Waals surface area (Å²) in [6.07, 6.45) is 1.73. The van der Waals surface area contributed by atoms with Gasteiger partial charge in [0, 0.05) is 17.8 Å². The van der Waals surface area contributed by atoms with Crippen LogP contribution in [0, 0.1) is 0 Å². The maximum atomic E-state index is 12.6.